The van der Waals surface area contributed by atoms with Crippen LogP contribution in [0.2, 0.25) is 0 Å². The summed E-state index contributed by atoms with van der Waals surface area (Å²) in [6.07, 6.45) is 0.322. The predicted octanol–water partition coefficient (Wildman–Crippen LogP) is -0.751. The Bertz CT molecular complexity index is 92.2. The lowest BCUT2D eigenvalue weighted by Gasteiger charge is -2.20. The molecule has 0 rings (SSSR count). The van der Waals surface area contributed by atoms with Gasteiger partial charge in [-0.3, -0.25) is 4.79 Å². The summed E-state index contributed by atoms with van der Waals surface area (Å²) in [5, 5.41) is 10.8. The lowest BCUT2D eigenvalue weighted by Crippen LogP contribution is -2.44. The van der Waals surface area contributed by atoms with Crippen LogP contribution in [0.15, 0.2) is 0 Å². The molecular formula is C5H10NO3. The third kappa shape index (κ3) is 3.93. The second-order valence-corrected chi connectivity index (χ2v) is 1.48. The third-order valence-electron chi connectivity index (χ3n) is 0.668. The average molecular weight is 132 g/mol. The van der Waals surface area contributed by atoms with Gasteiger partial charge in [0.05, 0.1) is 0 Å². The quantitative estimate of drug-likeness (QED) is 0.391. The highest BCUT2D eigenvalue weighted by atomic mass is 16.6. The molecule has 9 heavy (non-hydrogen) atoms. The summed E-state index contributed by atoms with van der Waals surface area (Å²) >= 11 is 0. The smallest absolute Gasteiger partial charge is 0.248 e. The highest BCUT2D eigenvalue weighted by Crippen LogP contribution is 1.96. The van der Waals surface area contributed by atoms with Crippen molar-refractivity contribution in [2.75, 3.05) is 6.61 Å². The van der Waals surface area contributed by atoms with E-state index in [1.54, 1.807) is 6.92 Å². The standard InChI is InChI=1S/C5H10NO3/c1-3-9-5(2,8)6-4-7/h4,8H,2-3H2,1H3,(H,6,7). The average Bonchev–Trinajstić information content (AvgIpc) is 1.64. The van der Waals surface area contributed by atoms with Gasteiger partial charge in [-0.25, -0.2) is 0 Å². The third-order valence-corrected chi connectivity index (χ3v) is 0.668. The number of rotatable bonds is 4. The number of ether oxygens (including phenoxy) is 1. The first-order valence-corrected chi connectivity index (χ1v) is 2.55. The van der Waals surface area contributed by atoms with Crippen LogP contribution in [0.25, 0.3) is 0 Å². The van der Waals surface area contributed by atoms with Gasteiger partial charge in [0.1, 0.15) is 0 Å². The van der Waals surface area contributed by atoms with E-state index in [0.717, 1.165) is 0 Å². The molecule has 1 radical (unpaired) electrons. The van der Waals surface area contributed by atoms with Crippen LogP contribution in [-0.2, 0) is 9.53 Å². The van der Waals surface area contributed by atoms with E-state index in [1.165, 1.54) is 0 Å². The van der Waals surface area contributed by atoms with Crippen LogP contribution in [0.3, 0.4) is 0 Å². The molecule has 4 nitrogen and oxygen atoms in total. The van der Waals surface area contributed by atoms with Crippen molar-refractivity contribution in [2.24, 2.45) is 0 Å². The van der Waals surface area contributed by atoms with Gasteiger partial charge in [0, 0.05) is 13.5 Å². The topological polar surface area (TPSA) is 58.6 Å². The first-order chi connectivity index (χ1) is 4.12. The van der Waals surface area contributed by atoms with Gasteiger partial charge in [-0.05, 0) is 6.92 Å². The Balaban J connectivity index is 3.55. The maximum absolute atomic E-state index is 9.70. The number of hydrogen-bond donors (Lipinski definition) is 2. The lowest BCUT2D eigenvalue weighted by molar-refractivity contribution is -0.186. The number of hydrogen-bond acceptors (Lipinski definition) is 3. The molecule has 1 amide bonds. The van der Waals surface area contributed by atoms with Gasteiger partial charge in [0.2, 0.25) is 12.3 Å². The number of aliphatic hydroxyl groups is 1. The van der Waals surface area contributed by atoms with Gasteiger partial charge < -0.3 is 15.2 Å². The Hall–Kier alpha value is -0.610. The highest BCUT2D eigenvalue weighted by molar-refractivity contribution is 5.46. The zero-order chi connectivity index (χ0) is 7.33. The molecule has 0 aliphatic heterocycles. The molecule has 1 atom stereocenters. The summed E-state index contributed by atoms with van der Waals surface area (Å²) in [6, 6.07) is 0. The molecule has 0 saturated heterocycles. The molecule has 0 aliphatic rings. The monoisotopic (exact) mass is 132 g/mol. The van der Waals surface area contributed by atoms with Gasteiger partial charge >= 0.3 is 0 Å². The van der Waals surface area contributed by atoms with Gasteiger partial charge in [0.15, 0.2) is 0 Å². The summed E-state index contributed by atoms with van der Waals surface area (Å²) in [4.78, 5) is 9.70. The maximum atomic E-state index is 9.70. The van der Waals surface area contributed by atoms with Gasteiger partial charge in [0.25, 0.3) is 0 Å². The van der Waals surface area contributed by atoms with E-state index in [1.807, 2.05) is 5.32 Å². The molecule has 0 aromatic rings. The summed E-state index contributed by atoms with van der Waals surface area (Å²) in [7, 11) is 0. The molecule has 1 unspecified atom stereocenters. The molecule has 0 saturated carbocycles. The van der Waals surface area contributed by atoms with E-state index in [0.29, 0.717) is 13.0 Å². The minimum Gasteiger partial charge on any atom is -0.349 e. The fourth-order valence-corrected chi connectivity index (χ4v) is 0.373. The van der Waals surface area contributed by atoms with E-state index in [4.69, 9.17) is 5.11 Å². The van der Waals surface area contributed by atoms with Gasteiger partial charge in [-0.15, -0.1) is 0 Å². The summed E-state index contributed by atoms with van der Waals surface area (Å²) in [5.41, 5.74) is 0. The van der Waals surface area contributed by atoms with Crippen LogP contribution in [0.5, 0.6) is 0 Å². The van der Waals surface area contributed by atoms with Crippen LogP contribution >= 0.6 is 0 Å². The minimum absolute atomic E-state index is 0.292. The van der Waals surface area contributed by atoms with E-state index in [-0.39, 0.29) is 0 Å². The number of carbonyl (C=O) groups is 1. The molecule has 4 heteroatoms. The fraction of sp³-hybridized carbons (Fsp3) is 0.600. The Kier molecular flexibility index (Phi) is 3.19. The molecule has 0 bridgehead atoms. The largest absolute Gasteiger partial charge is 0.349 e. The van der Waals surface area contributed by atoms with Crippen molar-refractivity contribution >= 4 is 6.41 Å². The van der Waals surface area contributed by atoms with E-state index < -0.39 is 5.91 Å². The maximum Gasteiger partial charge on any atom is 0.248 e. The molecule has 2 N–H and O–H groups in total. The molecule has 0 aromatic heterocycles. The fourth-order valence-electron chi connectivity index (χ4n) is 0.373. The van der Waals surface area contributed by atoms with E-state index in [9.17, 15) is 4.79 Å². The lowest BCUT2D eigenvalue weighted by atomic mass is 10.5. The summed E-state index contributed by atoms with van der Waals surface area (Å²) in [6.45, 7) is 5.12. The molecule has 0 fully saturated rings. The molecule has 0 spiro atoms. The number of nitrogens with one attached hydrogen (secondary N) is 1. The Labute approximate surface area is 53.8 Å². The molecule has 0 aliphatic carbocycles. The highest BCUT2D eigenvalue weighted by Gasteiger charge is 2.17. The van der Waals surface area contributed by atoms with Crippen LogP contribution < -0.4 is 5.32 Å². The van der Waals surface area contributed by atoms with Crippen molar-refractivity contribution in [1.82, 2.24) is 5.32 Å². The zero-order valence-electron chi connectivity index (χ0n) is 5.26. The molecule has 0 heterocycles. The second kappa shape index (κ2) is 3.42. The van der Waals surface area contributed by atoms with Crippen molar-refractivity contribution in [3.05, 3.63) is 6.92 Å². The number of amides is 1. The molecular weight excluding hydrogens is 122 g/mol. The van der Waals surface area contributed by atoms with Crippen molar-refractivity contribution in [3.8, 4) is 0 Å². The summed E-state index contributed by atoms with van der Waals surface area (Å²) < 4.78 is 4.57. The first kappa shape index (κ1) is 8.39. The molecule has 0 aromatic carbocycles. The SMILES string of the molecule is [CH2]C(O)(NC=O)OCC. The van der Waals surface area contributed by atoms with Crippen molar-refractivity contribution in [2.45, 2.75) is 12.8 Å². The van der Waals surface area contributed by atoms with Crippen LogP contribution in [-0.4, -0.2) is 24.0 Å². The van der Waals surface area contributed by atoms with Crippen LogP contribution in [0.4, 0.5) is 0 Å². The van der Waals surface area contributed by atoms with E-state index in [2.05, 4.69) is 11.7 Å². The van der Waals surface area contributed by atoms with Crippen LogP contribution in [0.1, 0.15) is 6.92 Å². The van der Waals surface area contributed by atoms with Gasteiger partial charge in [-0.2, -0.15) is 0 Å². The Morgan fingerprint density at radius 1 is 2.00 bits per heavy atom. The Morgan fingerprint density at radius 2 is 2.56 bits per heavy atom. The Morgan fingerprint density at radius 3 is 2.89 bits per heavy atom. The van der Waals surface area contributed by atoms with Crippen molar-refractivity contribution < 1.29 is 14.6 Å². The van der Waals surface area contributed by atoms with Crippen molar-refractivity contribution in [3.63, 3.8) is 0 Å². The minimum atomic E-state index is -1.77. The number of carbonyl (C=O) groups excluding carboxylic acids is 1. The van der Waals surface area contributed by atoms with Crippen molar-refractivity contribution in [1.29, 1.82) is 0 Å². The predicted molar refractivity (Wildman–Crippen MR) is 31.1 cm³/mol. The van der Waals surface area contributed by atoms with Gasteiger partial charge in [-0.1, -0.05) is 0 Å². The van der Waals surface area contributed by atoms with E-state index >= 15 is 0 Å². The summed E-state index contributed by atoms with van der Waals surface area (Å²) in [5.74, 6) is -1.77. The second-order valence-electron chi connectivity index (χ2n) is 1.48. The normalized spacial score (nSPS) is 16.3. The molecule has 53 valence electrons. The van der Waals surface area contributed by atoms with Crippen LogP contribution in [0, 0.1) is 6.92 Å². The zero-order valence-corrected chi connectivity index (χ0v) is 5.26. The first-order valence-electron chi connectivity index (χ1n) is 2.55.